The lowest BCUT2D eigenvalue weighted by Gasteiger charge is -2.27. The van der Waals surface area contributed by atoms with E-state index in [-0.39, 0.29) is 11.9 Å². The van der Waals surface area contributed by atoms with E-state index < -0.39 is 0 Å². The van der Waals surface area contributed by atoms with E-state index in [1.165, 1.54) is 0 Å². The number of ether oxygens (including phenoxy) is 1. The van der Waals surface area contributed by atoms with Gasteiger partial charge in [-0.3, -0.25) is 4.79 Å². The Bertz CT molecular complexity index is 260. The molecule has 98 valence electrons. The van der Waals surface area contributed by atoms with Crippen molar-refractivity contribution >= 4 is 5.91 Å². The zero-order valence-electron chi connectivity index (χ0n) is 10.7. The van der Waals surface area contributed by atoms with Gasteiger partial charge < -0.3 is 15.4 Å². The molecule has 0 spiro atoms. The van der Waals surface area contributed by atoms with Crippen molar-refractivity contribution in [2.75, 3.05) is 19.8 Å². The van der Waals surface area contributed by atoms with Crippen molar-refractivity contribution in [2.24, 2.45) is 11.7 Å². The van der Waals surface area contributed by atoms with Crippen LogP contribution in [-0.4, -0.2) is 42.6 Å². The van der Waals surface area contributed by atoms with E-state index in [1.54, 1.807) is 0 Å². The Morgan fingerprint density at radius 1 is 1.47 bits per heavy atom. The number of carbonyl (C=O) groups is 1. The summed E-state index contributed by atoms with van der Waals surface area (Å²) in [6.45, 7) is 4.57. The molecule has 1 saturated heterocycles. The molecule has 0 bridgehead atoms. The van der Waals surface area contributed by atoms with Crippen LogP contribution in [0.25, 0.3) is 0 Å². The first-order valence-electron chi connectivity index (χ1n) is 6.86. The zero-order chi connectivity index (χ0) is 12.3. The summed E-state index contributed by atoms with van der Waals surface area (Å²) in [5, 5.41) is 0. The molecule has 2 rings (SSSR count). The molecule has 4 nitrogen and oxygen atoms in total. The average Bonchev–Trinajstić information content (AvgIpc) is 3.03. The third kappa shape index (κ3) is 3.42. The second-order valence-corrected chi connectivity index (χ2v) is 5.35. The van der Waals surface area contributed by atoms with Gasteiger partial charge in [-0.1, -0.05) is 13.3 Å². The van der Waals surface area contributed by atoms with Crippen LogP contribution in [0.15, 0.2) is 0 Å². The first kappa shape index (κ1) is 12.8. The normalized spacial score (nSPS) is 25.9. The Morgan fingerprint density at radius 3 is 2.76 bits per heavy atom. The lowest BCUT2D eigenvalue weighted by atomic mass is 10.1. The Kier molecular flexibility index (Phi) is 4.40. The Labute approximate surface area is 103 Å². The van der Waals surface area contributed by atoms with Crippen molar-refractivity contribution in [3.05, 3.63) is 0 Å². The maximum absolute atomic E-state index is 12.3. The third-order valence-corrected chi connectivity index (χ3v) is 3.67. The van der Waals surface area contributed by atoms with Gasteiger partial charge in [0, 0.05) is 25.1 Å². The number of carbonyl (C=O) groups excluding carboxylic acids is 1. The molecule has 1 aliphatic heterocycles. The third-order valence-electron chi connectivity index (χ3n) is 3.67. The predicted octanol–water partition coefficient (Wildman–Crippen LogP) is 1.14. The maximum Gasteiger partial charge on any atom is 0.239 e. The smallest absolute Gasteiger partial charge is 0.239 e. The molecule has 1 unspecified atom stereocenters. The molecule has 2 fully saturated rings. The highest BCUT2D eigenvalue weighted by Crippen LogP contribution is 2.29. The van der Waals surface area contributed by atoms with Crippen molar-refractivity contribution in [3.8, 4) is 0 Å². The van der Waals surface area contributed by atoms with E-state index >= 15 is 0 Å². The van der Waals surface area contributed by atoms with E-state index in [1.807, 2.05) is 4.90 Å². The van der Waals surface area contributed by atoms with Crippen LogP contribution >= 0.6 is 0 Å². The van der Waals surface area contributed by atoms with Gasteiger partial charge in [-0.15, -0.1) is 0 Å². The van der Waals surface area contributed by atoms with Crippen LogP contribution in [0.4, 0.5) is 0 Å². The van der Waals surface area contributed by atoms with Crippen molar-refractivity contribution in [1.82, 2.24) is 4.90 Å². The molecule has 0 aromatic carbocycles. The van der Waals surface area contributed by atoms with Crippen LogP contribution in [0, 0.1) is 5.92 Å². The number of amides is 1. The molecule has 0 radical (unpaired) electrons. The van der Waals surface area contributed by atoms with Gasteiger partial charge in [0.1, 0.15) is 0 Å². The summed E-state index contributed by atoms with van der Waals surface area (Å²) < 4.78 is 5.38. The average molecular weight is 240 g/mol. The van der Waals surface area contributed by atoms with Crippen LogP contribution in [0.5, 0.6) is 0 Å². The molecule has 1 amide bonds. The van der Waals surface area contributed by atoms with E-state index in [9.17, 15) is 4.79 Å². The molecular weight excluding hydrogens is 216 g/mol. The Hall–Kier alpha value is -0.610. The van der Waals surface area contributed by atoms with Crippen LogP contribution < -0.4 is 5.73 Å². The van der Waals surface area contributed by atoms with Gasteiger partial charge >= 0.3 is 0 Å². The Morgan fingerprint density at radius 2 is 2.24 bits per heavy atom. The van der Waals surface area contributed by atoms with E-state index in [0.29, 0.717) is 12.0 Å². The number of nitrogens with zero attached hydrogens (tertiary/aromatic N) is 1. The fourth-order valence-corrected chi connectivity index (χ4v) is 2.46. The molecule has 2 atom stereocenters. The summed E-state index contributed by atoms with van der Waals surface area (Å²) in [7, 11) is 0. The van der Waals surface area contributed by atoms with Crippen LogP contribution in [0.3, 0.4) is 0 Å². The summed E-state index contributed by atoms with van der Waals surface area (Å²) >= 11 is 0. The standard InChI is InChI=1S/C13H24N2O2/c1-2-3-12(14)13(16)15(11-4-5-11)8-10-6-7-17-9-10/h10-12H,2-9,14H2,1H3/t10?,12-/m1/s1. The molecule has 1 heterocycles. The Balaban J connectivity index is 1.89. The van der Waals surface area contributed by atoms with Crippen LogP contribution in [0.1, 0.15) is 39.0 Å². The quantitative estimate of drug-likeness (QED) is 0.757. The fourth-order valence-electron chi connectivity index (χ4n) is 2.46. The zero-order valence-corrected chi connectivity index (χ0v) is 10.7. The lowest BCUT2D eigenvalue weighted by Crippen LogP contribution is -2.46. The number of hydrogen-bond donors (Lipinski definition) is 1. The minimum Gasteiger partial charge on any atom is -0.381 e. The highest BCUT2D eigenvalue weighted by atomic mass is 16.5. The molecule has 2 N–H and O–H groups in total. The molecule has 0 aromatic heterocycles. The molecule has 1 aliphatic carbocycles. The molecule has 1 saturated carbocycles. The van der Waals surface area contributed by atoms with Gasteiger partial charge in [-0.2, -0.15) is 0 Å². The molecule has 4 heteroatoms. The maximum atomic E-state index is 12.3. The van der Waals surface area contributed by atoms with E-state index in [4.69, 9.17) is 10.5 Å². The minimum atomic E-state index is -0.303. The molecular formula is C13H24N2O2. The molecule has 17 heavy (non-hydrogen) atoms. The van der Waals surface area contributed by atoms with Gasteiger partial charge in [0.15, 0.2) is 0 Å². The fraction of sp³-hybridized carbons (Fsp3) is 0.923. The predicted molar refractivity (Wildman–Crippen MR) is 66.5 cm³/mol. The second-order valence-electron chi connectivity index (χ2n) is 5.35. The van der Waals surface area contributed by atoms with Crippen molar-refractivity contribution in [3.63, 3.8) is 0 Å². The lowest BCUT2D eigenvalue weighted by molar-refractivity contribution is -0.134. The highest BCUT2D eigenvalue weighted by Gasteiger charge is 2.36. The second kappa shape index (κ2) is 5.83. The first-order chi connectivity index (χ1) is 8.22. The first-order valence-corrected chi connectivity index (χ1v) is 6.86. The topological polar surface area (TPSA) is 55.6 Å². The van der Waals surface area contributed by atoms with Gasteiger partial charge in [0.25, 0.3) is 0 Å². The summed E-state index contributed by atoms with van der Waals surface area (Å²) in [4.78, 5) is 14.3. The van der Waals surface area contributed by atoms with Crippen molar-refractivity contribution < 1.29 is 9.53 Å². The molecule has 2 aliphatic rings. The summed E-state index contributed by atoms with van der Waals surface area (Å²) in [6.07, 6.45) is 5.15. The highest BCUT2D eigenvalue weighted by molar-refractivity contribution is 5.82. The van der Waals surface area contributed by atoms with Crippen LogP contribution in [-0.2, 0) is 9.53 Å². The van der Waals surface area contributed by atoms with E-state index in [2.05, 4.69) is 6.92 Å². The summed E-state index contributed by atoms with van der Waals surface area (Å²) in [5.74, 6) is 0.676. The molecule has 0 aromatic rings. The largest absolute Gasteiger partial charge is 0.381 e. The van der Waals surface area contributed by atoms with Gasteiger partial charge in [0.2, 0.25) is 5.91 Å². The number of nitrogens with two attached hydrogens (primary N) is 1. The summed E-state index contributed by atoms with van der Waals surface area (Å²) in [6, 6.07) is 0.161. The van der Waals surface area contributed by atoms with Gasteiger partial charge in [-0.25, -0.2) is 0 Å². The summed E-state index contributed by atoms with van der Waals surface area (Å²) in [5.41, 5.74) is 5.95. The number of hydrogen-bond acceptors (Lipinski definition) is 3. The number of rotatable bonds is 6. The van der Waals surface area contributed by atoms with Crippen LogP contribution in [0.2, 0.25) is 0 Å². The minimum absolute atomic E-state index is 0.154. The SMILES string of the molecule is CCC[C@@H](N)C(=O)N(CC1CCOC1)C1CC1. The van der Waals surface area contributed by atoms with Crippen molar-refractivity contribution in [1.29, 1.82) is 0 Å². The van der Waals surface area contributed by atoms with Gasteiger partial charge in [0.05, 0.1) is 12.6 Å². The van der Waals surface area contributed by atoms with Crippen molar-refractivity contribution in [2.45, 2.75) is 51.1 Å². The van der Waals surface area contributed by atoms with E-state index in [0.717, 1.165) is 51.9 Å². The van der Waals surface area contributed by atoms with Gasteiger partial charge in [-0.05, 0) is 25.7 Å². The monoisotopic (exact) mass is 240 g/mol.